The lowest BCUT2D eigenvalue weighted by atomic mass is 10.1. The molecule has 0 aliphatic heterocycles. The maximum Gasteiger partial charge on any atom is 0.227 e. The SMILES string of the molecule is Cc1ccc(N)cc1NC(=O)C1CC1C. The van der Waals surface area contributed by atoms with Crippen LogP contribution in [0.1, 0.15) is 18.9 Å². The third-order valence-electron chi connectivity index (χ3n) is 2.97. The fourth-order valence-corrected chi connectivity index (χ4v) is 1.69. The van der Waals surface area contributed by atoms with Gasteiger partial charge >= 0.3 is 0 Å². The van der Waals surface area contributed by atoms with Crippen LogP contribution in [0.4, 0.5) is 11.4 Å². The standard InChI is InChI=1S/C12H16N2O/c1-7-3-4-9(13)6-11(7)14-12(15)10-5-8(10)2/h3-4,6,8,10H,5,13H2,1-2H3,(H,14,15). The molecule has 1 fully saturated rings. The maximum atomic E-state index is 11.7. The molecule has 0 radical (unpaired) electrons. The first kappa shape index (κ1) is 10.0. The van der Waals surface area contributed by atoms with Crippen molar-refractivity contribution in [2.24, 2.45) is 11.8 Å². The Labute approximate surface area is 89.7 Å². The van der Waals surface area contributed by atoms with Gasteiger partial charge in [-0.3, -0.25) is 4.79 Å². The van der Waals surface area contributed by atoms with Gasteiger partial charge in [-0.25, -0.2) is 0 Å². The maximum absolute atomic E-state index is 11.7. The van der Waals surface area contributed by atoms with E-state index in [1.165, 1.54) is 0 Å². The molecule has 2 atom stereocenters. The summed E-state index contributed by atoms with van der Waals surface area (Å²) in [5, 5.41) is 2.92. The number of hydrogen-bond donors (Lipinski definition) is 2. The fourth-order valence-electron chi connectivity index (χ4n) is 1.69. The van der Waals surface area contributed by atoms with Crippen molar-refractivity contribution in [3.05, 3.63) is 23.8 Å². The number of nitrogens with one attached hydrogen (secondary N) is 1. The van der Waals surface area contributed by atoms with Crippen LogP contribution in [0.25, 0.3) is 0 Å². The Hall–Kier alpha value is -1.51. The molecule has 1 aromatic carbocycles. The molecule has 3 nitrogen and oxygen atoms in total. The fraction of sp³-hybridized carbons (Fsp3) is 0.417. The normalized spacial score (nSPS) is 23.6. The molecule has 1 aliphatic rings. The van der Waals surface area contributed by atoms with E-state index < -0.39 is 0 Å². The average Bonchev–Trinajstić information content (AvgIpc) is 2.89. The first-order valence-electron chi connectivity index (χ1n) is 5.25. The van der Waals surface area contributed by atoms with Crippen molar-refractivity contribution in [1.82, 2.24) is 0 Å². The summed E-state index contributed by atoms with van der Waals surface area (Å²) in [5.41, 5.74) is 8.23. The number of aryl methyl sites for hydroxylation is 1. The second-order valence-electron chi connectivity index (χ2n) is 4.38. The number of rotatable bonds is 2. The van der Waals surface area contributed by atoms with Crippen LogP contribution in [0.5, 0.6) is 0 Å². The number of anilines is 2. The van der Waals surface area contributed by atoms with Crippen LogP contribution in [-0.4, -0.2) is 5.91 Å². The van der Waals surface area contributed by atoms with Crippen molar-refractivity contribution < 1.29 is 4.79 Å². The van der Waals surface area contributed by atoms with Gasteiger partial charge in [-0.2, -0.15) is 0 Å². The van der Waals surface area contributed by atoms with Crippen LogP contribution in [0, 0.1) is 18.8 Å². The van der Waals surface area contributed by atoms with Gasteiger partial charge in [0.05, 0.1) is 0 Å². The first-order valence-corrected chi connectivity index (χ1v) is 5.25. The van der Waals surface area contributed by atoms with Crippen molar-refractivity contribution in [2.75, 3.05) is 11.1 Å². The molecule has 2 rings (SSSR count). The quantitative estimate of drug-likeness (QED) is 0.725. The van der Waals surface area contributed by atoms with Gasteiger partial charge in [0.1, 0.15) is 0 Å². The lowest BCUT2D eigenvalue weighted by Gasteiger charge is -2.08. The van der Waals surface area contributed by atoms with Crippen molar-refractivity contribution in [3.8, 4) is 0 Å². The Kier molecular flexibility index (Phi) is 2.39. The van der Waals surface area contributed by atoms with Gasteiger partial charge in [0.2, 0.25) is 5.91 Å². The summed E-state index contributed by atoms with van der Waals surface area (Å²) in [6.07, 6.45) is 1.01. The third-order valence-corrected chi connectivity index (χ3v) is 2.97. The summed E-state index contributed by atoms with van der Waals surface area (Å²) in [6.45, 7) is 4.06. The summed E-state index contributed by atoms with van der Waals surface area (Å²) >= 11 is 0. The highest BCUT2D eigenvalue weighted by Gasteiger charge is 2.39. The molecule has 1 saturated carbocycles. The number of amides is 1. The predicted octanol–water partition coefficient (Wildman–Crippen LogP) is 2.17. The second kappa shape index (κ2) is 3.57. The summed E-state index contributed by atoms with van der Waals surface area (Å²) in [6, 6.07) is 5.56. The summed E-state index contributed by atoms with van der Waals surface area (Å²) < 4.78 is 0. The largest absolute Gasteiger partial charge is 0.399 e. The van der Waals surface area contributed by atoms with Crippen LogP contribution in [0.15, 0.2) is 18.2 Å². The molecular weight excluding hydrogens is 188 g/mol. The van der Waals surface area contributed by atoms with Crippen LogP contribution in [-0.2, 0) is 4.79 Å². The Balaban J connectivity index is 2.10. The number of carbonyl (C=O) groups excluding carboxylic acids is 1. The highest BCUT2D eigenvalue weighted by atomic mass is 16.2. The molecule has 1 aliphatic carbocycles. The Bertz CT molecular complexity index is 401. The smallest absolute Gasteiger partial charge is 0.227 e. The minimum atomic E-state index is 0.121. The number of hydrogen-bond acceptors (Lipinski definition) is 2. The van der Waals surface area contributed by atoms with E-state index in [2.05, 4.69) is 12.2 Å². The van der Waals surface area contributed by atoms with Gasteiger partial charge in [0, 0.05) is 17.3 Å². The van der Waals surface area contributed by atoms with Crippen LogP contribution in [0.2, 0.25) is 0 Å². The molecule has 2 unspecified atom stereocenters. The van der Waals surface area contributed by atoms with Gasteiger partial charge in [0.15, 0.2) is 0 Å². The second-order valence-corrected chi connectivity index (χ2v) is 4.38. The van der Waals surface area contributed by atoms with Gasteiger partial charge in [0.25, 0.3) is 0 Å². The molecule has 0 saturated heterocycles. The number of carbonyl (C=O) groups is 1. The molecule has 15 heavy (non-hydrogen) atoms. The molecule has 0 bridgehead atoms. The zero-order chi connectivity index (χ0) is 11.0. The number of nitrogens with two attached hydrogens (primary N) is 1. The minimum Gasteiger partial charge on any atom is -0.399 e. The first-order chi connectivity index (χ1) is 7.08. The number of benzene rings is 1. The Morgan fingerprint density at radius 3 is 2.80 bits per heavy atom. The van der Waals surface area contributed by atoms with Gasteiger partial charge in [-0.15, -0.1) is 0 Å². The minimum absolute atomic E-state index is 0.121. The summed E-state index contributed by atoms with van der Waals surface area (Å²) in [5.74, 6) is 0.855. The third kappa shape index (κ3) is 2.12. The highest BCUT2D eigenvalue weighted by molar-refractivity contribution is 5.95. The van der Waals surface area contributed by atoms with Crippen molar-refractivity contribution >= 4 is 17.3 Å². The zero-order valence-corrected chi connectivity index (χ0v) is 9.08. The van der Waals surface area contributed by atoms with Gasteiger partial charge in [-0.1, -0.05) is 13.0 Å². The summed E-state index contributed by atoms with van der Waals surface area (Å²) in [4.78, 5) is 11.7. The summed E-state index contributed by atoms with van der Waals surface area (Å²) in [7, 11) is 0. The lowest BCUT2D eigenvalue weighted by Crippen LogP contribution is -2.15. The van der Waals surface area contributed by atoms with E-state index in [0.29, 0.717) is 11.6 Å². The van der Waals surface area contributed by atoms with Crippen LogP contribution >= 0.6 is 0 Å². The molecule has 0 aromatic heterocycles. The predicted molar refractivity (Wildman–Crippen MR) is 61.5 cm³/mol. The van der Waals surface area contributed by atoms with E-state index in [1.807, 2.05) is 19.1 Å². The van der Waals surface area contributed by atoms with Crippen LogP contribution in [0.3, 0.4) is 0 Å². The Morgan fingerprint density at radius 2 is 2.20 bits per heavy atom. The van der Waals surface area contributed by atoms with Gasteiger partial charge < -0.3 is 11.1 Å². The van der Waals surface area contributed by atoms with E-state index in [1.54, 1.807) is 6.07 Å². The topological polar surface area (TPSA) is 55.1 Å². The highest BCUT2D eigenvalue weighted by Crippen LogP contribution is 2.38. The Morgan fingerprint density at radius 1 is 1.53 bits per heavy atom. The molecule has 80 valence electrons. The van der Waals surface area contributed by atoms with Crippen molar-refractivity contribution in [3.63, 3.8) is 0 Å². The van der Waals surface area contributed by atoms with Crippen molar-refractivity contribution in [1.29, 1.82) is 0 Å². The van der Waals surface area contributed by atoms with Crippen molar-refractivity contribution in [2.45, 2.75) is 20.3 Å². The average molecular weight is 204 g/mol. The molecular formula is C12H16N2O. The lowest BCUT2D eigenvalue weighted by molar-refractivity contribution is -0.117. The molecule has 3 heteroatoms. The molecule has 1 aromatic rings. The zero-order valence-electron chi connectivity index (χ0n) is 9.08. The molecule has 0 heterocycles. The molecule has 0 spiro atoms. The molecule has 3 N–H and O–H groups in total. The van der Waals surface area contributed by atoms with E-state index in [0.717, 1.165) is 17.7 Å². The monoisotopic (exact) mass is 204 g/mol. The van der Waals surface area contributed by atoms with Gasteiger partial charge in [-0.05, 0) is 37.0 Å². The van der Waals surface area contributed by atoms with E-state index in [4.69, 9.17) is 5.73 Å². The number of nitrogen functional groups attached to an aromatic ring is 1. The van der Waals surface area contributed by atoms with E-state index in [9.17, 15) is 4.79 Å². The van der Waals surface area contributed by atoms with E-state index in [-0.39, 0.29) is 11.8 Å². The van der Waals surface area contributed by atoms with E-state index >= 15 is 0 Å². The molecule has 1 amide bonds. The van der Waals surface area contributed by atoms with Crippen LogP contribution < -0.4 is 11.1 Å².